The minimum Gasteiger partial charge on any atom is -0.393 e. The summed E-state index contributed by atoms with van der Waals surface area (Å²) in [6, 6.07) is 2.58. The fourth-order valence-electron chi connectivity index (χ4n) is 0.956. The Balaban J connectivity index is 2.47. The zero-order chi connectivity index (χ0) is 11.3. The molecule has 0 aliphatic carbocycles. The third kappa shape index (κ3) is 3.90. The Kier molecular flexibility index (Phi) is 3.99. The maximum absolute atomic E-state index is 11.4. The highest BCUT2D eigenvalue weighted by Gasteiger charge is 2.06. The predicted molar refractivity (Wildman–Crippen MR) is 53.5 cm³/mol. The van der Waals surface area contributed by atoms with E-state index < -0.39 is 6.10 Å². The lowest BCUT2D eigenvalue weighted by Crippen LogP contribution is -2.28. The Hall–Kier alpha value is -1.69. The first-order valence-corrected chi connectivity index (χ1v) is 4.61. The molecule has 6 nitrogen and oxygen atoms in total. The van der Waals surface area contributed by atoms with Crippen LogP contribution >= 0.6 is 0 Å². The molecule has 1 aromatic rings. The average molecular weight is 211 g/mol. The van der Waals surface area contributed by atoms with E-state index in [2.05, 4.69) is 15.5 Å². The summed E-state index contributed by atoms with van der Waals surface area (Å²) >= 11 is 0. The largest absolute Gasteiger partial charge is 0.393 e. The molecule has 1 amide bonds. The van der Waals surface area contributed by atoms with E-state index in [-0.39, 0.29) is 17.2 Å². The van der Waals surface area contributed by atoms with E-state index in [0.29, 0.717) is 13.0 Å². The summed E-state index contributed by atoms with van der Waals surface area (Å²) in [6.45, 7) is 2.02. The van der Waals surface area contributed by atoms with E-state index >= 15 is 0 Å². The summed E-state index contributed by atoms with van der Waals surface area (Å²) in [5, 5.41) is 17.3. The normalized spacial score (nSPS) is 12.1. The molecule has 0 radical (unpaired) electrons. The second kappa shape index (κ2) is 5.26. The minimum atomic E-state index is -0.450. The molecule has 0 spiro atoms. The van der Waals surface area contributed by atoms with Crippen LogP contribution in [0.5, 0.6) is 0 Å². The number of aromatic nitrogens is 2. The van der Waals surface area contributed by atoms with Gasteiger partial charge in [0.2, 0.25) is 0 Å². The highest BCUT2D eigenvalue weighted by Crippen LogP contribution is 1.90. The van der Waals surface area contributed by atoms with Gasteiger partial charge in [-0.05, 0) is 19.4 Å². The van der Waals surface area contributed by atoms with Gasteiger partial charge in [0.15, 0.2) is 0 Å². The lowest BCUT2D eigenvalue weighted by atomic mass is 10.3. The lowest BCUT2D eigenvalue weighted by molar-refractivity contribution is 0.0939. The highest BCUT2D eigenvalue weighted by atomic mass is 16.3. The molecule has 0 fully saturated rings. The van der Waals surface area contributed by atoms with Crippen LogP contribution in [0, 0.1) is 0 Å². The Morgan fingerprint density at radius 1 is 1.67 bits per heavy atom. The van der Waals surface area contributed by atoms with Crippen LogP contribution in [0.2, 0.25) is 0 Å². The second-order valence-electron chi connectivity index (χ2n) is 3.20. The fraction of sp³-hybridized carbons (Fsp3) is 0.444. The van der Waals surface area contributed by atoms with Gasteiger partial charge in [0.05, 0.1) is 6.10 Å². The molecule has 3 N–H and O–H groups in total. The number of carbonyl (C=O) groups excluding carboxylic acids is 1. The Labute approximate surface area is 86.3 Å². The molecule has 1 atom stereocenters. The quantitative estimate of drug-likeness (QED) is 0.612. The Morgan fingerprint density at radius 2 is 2.40 bits per heavy atom. The Morgan fingerprint density at radius 3 is 2.93 bits per heavy atom. The van der Waals surface area contributed by atoms with Gasteiger partial charge in [-0.15, -0.1) is 0 Å². The number of aliphatic hydroxyl groups excluding tert-OH is 1. The molecule has 1 rings (SSSR count). The molecule has 0 saturated carbocycles. The third-order valence-electron chi connectivity index (χ3n) is 1.76. The van der Waals surface area contributed by atoms with Crippen molar-refractivity contribution in [1.29, 1.82) is 0 Å². The molecule has 0 aliphatic rings. The van der Waals surface area contributed by atoms with Crippen LogP contribution in [0.4, 0.5) is 0 Å². The molecule has 6 heteroatoms. The first-order valence-electron chi connectivity index (χ1n) is 4.61. The molecule has 82 valence electrons. The summed E-state index contributed by atoms with van der Waals surface area (Å²) in [5.41, 5.74) is -0.198. The summed E-state index contributed by atoms with van der Waals surface area (Å²) < 4.78 is 0. The van der Waals surface area contributed by atoms with Crippen molar-refractivity contribution in [2.75, 3.05) is 6.54 Å². The zero-order valence-electron chi connectivity index (χ0n) is 8.36. The van der Waals surface area contributed by atoms with Gasteiger partial charge >= 0.3 is 0 Å². The SMILES string of the molecule is CC(O)CCNC(=O)c1ccc(=O)[nH]n1. The maximum Gasteiger partial charge on any atom is 0.271 e. The van der Waals surface area contributed by atoms with Crippen molar-refractivity contribution in [2.45, 2.75) is 19.4 Å². The van der Waals surface area contributed by atoms with Gasteiger partial charge in [0, 0.05) is 12.6 Å². The van der Waals surface area contributed by atoms with E-state index in [1.165, 1.54) is 12.1 Å². The smallest absolute Gasteiger partial charge is 0.271 e. The monoisotopic (exact) mass is 211 g/mol. The van der Waals surface area contributed by atoms with Crippen LogP contribution in [0.3, 0.4) is 0 Å². The number of nitrogens with one attached hydrogen (secondary N) is 2. The van der Waals surface area contributed by atoms with Crippen LogP contribution in [-0.4, -0.2) is 33.9 Å². The summed E-state index contributed by atoms with van der Waals surface area (Å²) in [6.07, 6.45) is 0.0311. The highest BCUT2D eigenvalue weighted by molar-refractivity contribution is 5.91. The number of H-pyrrole nitrogens is 1. The number of aromatic amines is 1. The van der Waals surface area contributed by atoms with E-state index in [4.69, 9.17) is 5.11 Å². The summed E-state index contributed by atoms with van der Waals surface area (Å²) in [4.78, 5) is 22.0. The third-order valence-corrected chi connectivity index (χ3v) is 1.76. The number of hydrogen-bond acceptors (Lipinski definition) is 4. The van der Waals surface area contributed by atoms with Gasteiger partial charge < -0.3 is 10.4 Å². The van der Waals surface area contributed by atoms with Gasteiger partial charge in [-0.2, -0.15) is 5.10 Å². The van der Waals surface area contributed by atoms with Crippen molar-refractivity contribution in [1.82, 2.24) is 15.5 Å². The molecule has 0 aromatic carbocycles. The lowest BCUT2D eigenvalue weighted by Gasteiger charge is -2.05. The van der Waals surface area contributed by atoms with Gasteiger partial charge in [0.1, 0.15) is 5.69 Å². The second-order valence-corrected chi connectivity index (χ2v) is 3.20. The van der Waals surface area contributed by atoms with Crippen molar-refractivity contribution in [3.8, 4) is 0 Å². The van der Waals surface area contributed by atoms with Gasteiger partial charge in [-0.25, -0.2) is 5.10 Å². The molecule has 0 bridgehead atoms. The number of aliphatic hydroxyl groups is 1. The first-order chi connectivity index (χ1) is 7.09. The molecule has 1 heterocycles. The van der Waals surface area contributed by atoms with Gasteiger partial charge in [0.25, 0.3) is 11.5 Å². The predicted octanol–water partition coefficient (Wildman–Crippen LogP) is -0.729. The average Bonchev–Trinajstić information content (AvgIpc) is 2.18. The molecular formula is C9H13N3O3. The molecule has 1 unspecified atom stereocenters. The molecule has 1 aromatic heterocycles. The van der Waals surface area contributed by atoms with Crippen molar-refractivity contribution in [2.24, 2.45) is 0 Å². The molecular weight excluding hydrogens is 198 g/mol. The van der Waals surface area contributed by atoms with Crippen LogP contribution in [0.1, 0.15) is 23.8 Å². The minimum absolute atomic E-state index is 0.153. The first kappa shape index (κ1) is 11.4. The van der Waals surface area contributed by atoms with Crippen molar-refractivity contribution in [3.63, 3.8) is 0 Å². The molecule has 0 aliphatic heterocycles. The molecule has 15 heavy (non-hydrogen) atoms. The zero-order valence-corrected chi connectivity index (χ0v) is 8.36. The van der Waals surface area contributed by atoms with E-state index in [1.807, 2.05) is 0 Å². The molecule has 0 saturated heterocycles. The standard InChI is InChI=1S/C9H13N3O3/c1-6(13)4-5-10-9(15)7-2-3-8(14)12-11-7/h2-3,6,13H,4-5H2,1H3,(H,10,15)(H,12,14). The van der Waals surface area contributed by atoms with Crippen LogP contribution in [0.15, 0.2) is 16.9 Å². The summed E-state index contributed by atoms with van der Waals surface area (Å²) in [7, 11) is 0. The van der Waals surface area contributed by atoms with Crippen molar-refractivity contribution >= 4 is 5.91 Å². The van der Waals surface area contributed by atoms with Crippen molar-refractivity contribution in [3.05, 3.63) is 28.2 Å². The summed E-state index contributed by atoms with van der Waals surface area (Å²) in [5.74, 6) is -0.369. The van der Waals surface area contributed by atoms with Crippen molar-refractivity contribution < 1.29 is 9.90 Å². The van der Waals surface area contributed by atoms with Crippen LogP contribution in [-0.2, 0) is 0 Å². The van der Waals surface area contributed by atoms with Crippen LogP contribution < -0.4 is 10.9 Å². The topological polar surface area (TPSA) is 95.1 Å². The van der Waals surface area contributed by atoms with E-state index in [0.717, 1.165) is 0 Å². The van der Waals surface area contributed by atoms with Gasteiger partial charge in [-0.3, -0.25) is 9.59 Å². The maximum atomic E-state index is 11.4. The number of carbonyl (C=O) groups is 1. The number of nitrogens with zero attached hydrogens (tertiary/aromatic N) is 1. The Bertz CT molecular complexity index is 366. The number of hydrogen-bond donors (Lipinski definition) is 3. The van der Waals surface area contributed by atoms with Crippen LogP contribution in [0.25, 0.3) is 0 Å². The van der Waals surface area contributed by atoms with Gasteiger partial charge in [-0.1, -0.05) is 0 Å². The number of amides is 1. The number of rotatable bonds is 4. The fourth-order valence-corrected chi connectivity index (χ4v) is 0.956. The van der Waals surface area contributed by atoms with E-state index in [9.17, 15) is 9.59 Å². The van der Waals surface area contributed by atoms with E-state index in [1.54, 1.807) is 6.92 Å².